The van der Waals surface area contributed by atoms with Crippen LogP contribution in [0.15, 0.2) is 285 Å². The predicted molar refractivity (Wildman–Crippen MR) is 361 cm³/mol. The second-order valence-corrected chi connectivity index (χ2v) is 23.5. The smallest absolute Gasteiger partial charge is 0.256 e. The molecular weight excluding hydrogens is 1060 g/mol. The topological polar surface area (TPSA) is 39.7 Å². The normalized spacial score (nSPS) is 13.0. The van der Waals surface area contributed by atoms with E-state index in [2.05, 4.69) is 309 Å². The lowest BCUT2D eigenvalue weighted by Gasteiger charge is -2.35. The number of fused-ring (bicyclic) bond motifs is 17. The molecule has 4 aliphatic rings. The molecule has 4 aliphatic heterocycles. The molecule has 402 valence electrons. The van der Waals surface area contributed by atoms with E-state index in [-0.39, 0.29) is 13.4 Å². The molecule has 0 aliphatic carbocycles. The second-order valence-electron chi connectivity index (χ2n) is 23.5. The summed E-state index contributed by atoms with van der Waals surface area (Å²) in [5.41, 5.74) is 23.7. The predicted octanol–water partition coefficient (Wildman–Crippen LogP) is 15.8. The monoisotopic (exact) mass is 1110 g/mol. The number of aromatic nitrogens is 3. The highest BCUT2D eigenvalue weighted by Gasteiger charge is 2.44. The molecule has 20 rings (SSSR count). The lowest BCUT2D eigenvalue weighted by atomic mass is 9.34. The van der Waals surface area contributed by atoms with Gasteiger partial charge >= 0.3 is 0 Å². The van der Waals surface area contributed by atoms with Crippen molar-refractivity contribution in [3.8, 4) is 40.1 Å². The molecule has 0 saturated carbocycles. The lowest BCUT2D eigenvalue weighted by molar-refractivity contribution is 0.488. The Balaban J connectivity index is 0.855. The van der Waals surface area contributed by atoms with Crippen molar-refractivity contribution in [3.63, 3.8) is 0 Å². The number of nitrogens with zero attached hydrogens (tertiary/aromatic N) is 5. The largest absolute Gasteiger partial charge is 0.458 e. The average molecular weight is 1110 g/mol. The van der Waals surface area contributed by atoms with Crippen LogP contribution in [0.2, 0.25) is 0 Å². The molecule has 0 radical (unpaired) electrons. The fraction of sp³-hybridized carbons (Fsp3) is 0. The third kappa shape index (κ3) is 6.46. The number of benzene rings is 13. The molecule has 87 heavy (non-hydrogen) atoms. The first-order valence-corrected chi connectivity index (χ1v) is 30.0. The van der Waals surface area contributed by atoms with Crippen molar-refractivity contribution in [2.45, 2.75) is 0 Å². The van der Waals surface area contributed by atoms with E-state index in [4.69, 9.17) is 9.47 Å². The van der Waals surface area contributed by atoms with Gasteiger partial charge in [-0.3, -0.25) is 0 Å². The molecule has 0 N–H and O–H groups in total. The van der Waals surface area contributed by atoms with E-state index in [1.807, 2.05) is 0 Å². The van der Waals surface area contributed by atoms with E-state index in [9.17, 15) is 0 Å². The molecule has 0 fully saturated rings. The maximum absolute atomic E-state index is 7.58. The second kappa shape index (κ2) is 17.6. The maximum atomic E-state index is 7.58. The van der Waals surface area contributed by atoms with Gasteiger partial charge in [0, 0.05) is 107 Å². The summed E-state index contributed by atoms with van der Waals surface area (Å²) in [7, 11) is 0. The molecule has 9 heteroatoms. The van der Waals surface area contributed by atoms with Crippen molar-refractivity contribution in [1.82, 2.24) is 13.7 Å². The highest BCUT2D eigenvalue weighted by Crippen LogP contribution is 2.47. The van der Waals surface area contributed by atoms with E-state index in [0.717, 1.165) is 118 Å². The van der Waals surface area contributed by atoms with Gasteiger partial charge in [0.05, 0.1) is 33.4 Å². The zero-order chi connectivity index (χ0) is 56.6. The zero-order valence-corrected chi connectivity index (χ0v) is 46.8. The van der Waals surface area contributed by atoms with Crippen LogP contribution in [-0.4, -0.2) is 27.1 Å². The molecule has 0 amide bonds. The number of hydrogen-bond acceptors (Lipinski definition) is 4. The molecule has 7 nitrogen and oxygen atoms in total. The molecule has 0 saturated heterocycles. The third-order valence-electron chi connectivity index (χ3n) is 19.0. The molecule has 0 spiro atoms. The highest BCUT2D eigenvalue weighted by atomic mass is 16.5. The first kappa shape index (κ1) is 47.0. The average Bonchev–Trinajstić information content (AvgIpc) is 1.69. The van der Waals surface area contributed by atoms with Crippen molar-refractivity contribution in [2.24, 2.45) is 0 Å². The molecule has 3 aromatic heterocycles. The molecular formula is C78H47B2N5O2. The Morgan fingerprint density at radius 1 is 0.253 bits per heavy atom. The van der Waals surface area contributed by atoms with Crippen LogP contribution < -0.4 is 52.1 Å². The minimum atomic E-state index is -0.136. The summed E-state index contributed by atoms with van der Waals surface area (Å²) in [5, 5.41) is 7.26. The number of rotatable bonds is 7. The van der Waals surface area contributed by atoms with Crippen LogP contribution in [0, 0.1) is 0 Å². The van der Waals surface area contributed by atoms with Gasteiger partial charge in [0.15, 0.2) is 0 Å². The summed E-state index contributed by atoms with van der Waals surface area (Å²) in [5.74, 6) is 3.37. The molecule has 16 aromatic rings. The van der Waals surface area contributed by atoms with Crippen molar-refractivity contribution in [1.29, 1.82) is 0 Å². The van der Waals surface area contributed by atoms with Crippen LogP contribution in [0.1, 0.15) is 0 Å². The van der Waals surface area contributed by atoms with E-state index in [0.29, 0.717) is 0 Å². The fourth-order valence-corrected chi connectivity index (χ4v) is 15.6. The van der Waals surface area contributed by atoms with Crippen molar-refractivity contribution < 1.29 is 9.47 Å². The third-order valence-corrected chi connectivity index (χ3v) is 19.0. The molecule has 0 atom stereocenters. The molecule has 7 heterocycles. The maximum Gasteiger partial charge on any atom is 0.256 e. The van der Waals surface area contributed by atoms with E-state index in [1.54, 1.807) is 0 Å². The minimum absolute atomic E-state index is 0.136. The van der Waals surface area contributed by atoms with E-state index in [1.165, 1.54) is 54.5 Å². The SMILES string of the molecule is c1ccc(N(c2ccccc2)c2cc3c4c(c2)-n2c5ccccc5c5cccc(c52)B4c2cc4c5cc6c(cc5n(-c5ccccc5)c4cc2O3)Oc2cc(N(c3ccccc3)c3ccccc3)cc3c2B6c2cccc4c5ccccc5n-3c24)cc1. The van der Waals surface area contributed by atoms with Crippen molar-refractivity contribution >= 4 is 146 Å². The van der Waals surface area contributed by atoms with Crippen LogP contribution in [0.3, 0.4) is 0 Å². The van der Waals surface area contributed by atoms with Gasteiger partial charge in [0.1, 0.15) is 23.0 Å². The van der Waals surface area contributed by atoms with Crippen molar-refractivity contribution in [2.75, 3.05) is 9.80 Å². The van der Waals surface area contributed by atoms with Crippen LogP contribution in [0.25, 0.3) is 82.5 Å². The number of anilines is 6. The minimum Gasteiger partial charge on any atom is -0.458 e. The Labute approximate surface area is 501 Å². The Morgan fingerprint density at radius 3 is 1.03 bits per heavy atom. The first-order valence-electron chi connectivity index (χ1n) is 30.0. The van der Waals surface area contributed by atoms with E-state index >= 15 is 0 Å². The summed E-state index contributed by atoms with van der Waals surface area (Å²) >= 11 is 0. The van der Waals surface area contributed by atoms with Crippen LogP contribution in [0.4, 0.5) is 34.1 Å². The zero-order valence-electron chi connectivity index (χ0n) is 46.8. The fourth-order valence-electron chi connectivity index (χ4n) is 15.6. The molecule has 13 aromatic carbocycles. The van der Waals surface area contributed by atoms with E-state index < -0.39 is 0 Å². The van der Waals surface area contributed by atoms with Gasteiger partial charge < -0.3 is 33.0 Å². The van der Waals surface area contributed by atoms with Gasteiger partial charge in [0.25, 0.3) is 13.4 Å². The summed E-state index contributed by atoms with van der Waals surface area (Å²) in [6.45, 7) is -0.271. The standard InChI is InChI=1S/C78H47B2N5O2/c1-6-22-48(23-7-1)81(49-24-8-2-9-25-49)53-40-69-75-73(42-53)86-71-46-67-59(44-63(71)79(75)61-36-20-34-57-55-32-16-18-38-65(55)84(69)77(57)61)60-45-64-72(47-68(60)83(67)52-30-14-5-15-31-52)87-74-43-54(82(50-26-10-3-11-27-50)51-28-12-4-13-29-51)41-70-76(74)80(64)62-37-21-35-58-56-33-17-19-39-66(56)85(70)78(58)62/h1-47H. The van der Waals surface area contributed by atoms with Crippen LogP contribution in [0.5, 0.6) is 23.0 Å². The number of ether oxygens (including phenoxy) is 2. The Morgan fingerprint density at radius 2 is 0.621 bits per heavy atom. The molecule has 0 unspecified atom stereocenters. The number of para-hydroxylation sites is 9. The van der Waals surface area contributed by atoms with Gasteiger partial charge in [-0.1, -0.05) is 176 Å². The summed E-state index contributed by atoms with van der Waals surface area (Å²) in [6, 6.07) is 104. The van der Waals surface area contributed by atoms with Crippen LogP contribution in [-0.2, 0) is 0 Å². The first-order chi connectivity index (χ1) is 43.2. The highest BCUT2D eigenvalue weighted by molar-refractivity contribution is 7.00. The Hall–Kier alpha value is -11.4. The van der Waals surface area contributed by atoms with Crippen molar-refractivity contribution in [3.05, 3.63) is 285 Å². The van der Waals surface area contributed by atoms with Gasteiger partial charge in [0.2, 0.25) is 0 Å². The quantitative estimate of drug-likeness (QED) is 0.149. The van der Waals surface area contributed by atoms with Gasteiger partial charge in [-0.15, -0.1) is 0 Å². The summed E-state index contributed by atoms with van der Waals surface area (Å²) in [6.07, 6.45) is 0. The Bertz CT molecular complexity index is 5200. The summed E-state index contributed by atoms with van der Waals surface area (Å²) in [4.78, 5) is 4.71. The summed E-state index contributed by atoms with van der Waals surface area (Å²) < 4.78 is 22.6. The number of hydrogen-bond donors (Lipinski definition) is 0. The van der Waals surface area contributed by atoms with Gasteiger partial charge in [-0.2, -0.15) is 0 Å². The molecule has 0 bridgehead atoms. The Kier molecular flexibility index (Phi) is 9.50. The van der Waals surface area contributed by atoms with Gasteiger partial charge in [-0.05, 0) is 118 Å². The van der Waals surface area contributed by atoms with Gasteiger partial charge in [-0.25, -0.2) is 0 Å². The van der Waals surface area contributed by atoms with Crippen LogP contribution >= 0.6 is 0 Å². The lowest BCUT2D eigenvalue weighted by Crippen LogP contribution is -2.58.